The first-order valence-electron chi connectivity index (χ1n) is 11.4. The second kappa shape index (κ2) is 10.6. The van der Waals surface area contributed by atoms with Crippen molar-refractivity contribution in [3.63, 3.8) is 0 Å². The second-order valence-corrected chi connectivity index (χ2v) is 11.5. The standard InChI is InChI=1S/C28H26Cl2N2O3S/c1-18-13-19(2)28(20(3)14-18)36(34,35)32(16-21-11-12-24(29)25(30)15-21)17-27(33)31-26-10-6-8-22-7-4-5-9-23(22)26/h4-15H,16-17H2,1-3H3,(H,31,33). The van der Waals surface area contributed by atoms with Gasteiger partial charge < -0.3 is 5.32 Å². The highest BCUT2D eigenvalue weighted by Crippen LogP contribution is 2.29. The number of aryl methyl sites for hydroxylation is 3. The summed E-state index contributed by atoms with van der Waals surface area (Å²) >= 11 is 12.2. The zero-order valence-corrected chi connectivity index (χ0v) is 22.5. The van der Waals surface area contributed by atoms with Gasteiger partial charge >= 0.3 is 0 Å². The van der Waals surface area contributed by atoms with Crippen LogP contribution in [0.25, 0.3) is 10.8 Å². The van der Waals surface area contributed by atoms with Gasteiger partial charge in [-0.15, -0.1) is 0 Å². The van der Waals surface area contributed by atoms with E-state index in [0.29, 0.717) is 32.4 Å². The van der Waals surface area contributed by atoms with Gasteiger partial charge in [0, 0.05) is 17.6 Å². The summed E-state index contributed by atoms with van der Waals surface area (Å²) in [5.74, 6) is -0.447. The number of hydrogen-bond donors (Lipinski definition) is 1. The molecule has 0 saturated heterocycles. The minimum Gasteiger partial charge on any atom is -0.324 e. The van der Waals surface area contributed by atoms with Crippen molar-refractivity contribution in [1.29, 1.82) is 0 Å². The van der Waals surface area contributed by atoms with Crippen LogP contribution in [0.1, 0.15) is 22.3 Å². The molecule has 0 aliphatic rings. The van der Waals surface area contributed by atoms with Crippen LogP contribution < -0.4 is 5.32 Å². The van der Waals surface area contributed by atoms with Gasteiger partial charge in [-0.1, -0.05) is 83.4 Å². The molecule has 0 aromatic heterocycles. The van der Waals surface area contributed by atoms with Crippen molar-refractivity contribution in [1.82, 2.24) is 4.31 Å². The maximum Gasteiger partial charge on any atom is 0.244 e. The van der Waals surface area contributed by atoms with Crippen LogP contribution in [-0.2, 0) is 21.4 Å². The summed E-state index contributed by atoms with van der Waals surface area (Å²) in [5, 5.41) is 5.42. The summed E-state index contributed by atoms with van der Waals surface area (Å²) < 4.78 is 29.0. The largest absolute Gasteiger partial charge is 0.324 e. The fourth-order valence-corrected chi connectivity index (χ4v) is 6.57. The third-order valence-corrected chi connectivity index (χ3v) is 8.77. The van der Waals surface area contributed by atoms with E-state index in [4.69, 9.17) is 23.2 Å². The molecule has 0 aliphatic heterocycles. The van der Waals surface area contributed by atoms with Gasteiger partial charge in [-0.3, -0.25) is 4.79 Å². The maximum absolute atomic E-state index is 13.9. The Labute approximate surface area is 221 Å². The van der Waals surface area contributed by atoms with Gasteiger partial charge in [-0.2, -0.15) is 4.31 Å². The van der Waals surface area contributed by atoms with Crippen LogP contribution >= 0.6 is 23.2 Å². The van der Waals surface area contributed by atoms with Gasteiger partial charge in [0.2, 0.25) is 15.9 Å². The lowest BCUT2D eigenvalue weighted by atomic mass is 10.1. The van der Waals surface area contributed by atoms with Crippen molar-refractivity contribution in [3.05, 3.63) is 105 Å². The quantitative estimate of drug-likeness (QED) is 0.277. The van der Waals surface area contributed by atoms with Crippen molar-refractivity contribution in [2.24, 2.45) is 0 Å². The SMILES string of the molecule is Cc1cc(C)c(S(=O)(=O)N(CC(=O)Nc2cccc3ccccc23)Cc2ccc(Cl)c(Cl)c2)c(C)c1. The molecule has 8 heteroatoms. The van der Waals surface area contributed by atoms with Gasteiger partial charge in [0.25, 0.3) is 0 Å². The number of rotatable bonds is 7. The number of nitrogens with one attached hydrogen (secondary N) is 1. The molecule has 0 atom stereocenters. The van der Waals surface area contributed by atoms with Crippen molar-refractivity contribution >= 4 is 55.6 Å². The molecule has 0 radical (unpaired) electrons. The molecule has 0 saturated carbocycles. The van der Waals surface area contributed by atoms with E-state index in [2.05, 4.69) is 5.32 Å². The normalized spacial score (nSPS) is 11.7. The van der Waals surface area contributed by atoms with Crippen molar-refractivity contribution < 1.29 is 13.2 Å². The number of amides is 1. The Bertz CT molecular complexity index is 1540. The number of fused-ring (bicyclic) bond motifs is 1. The van der Waals surface area contributed by atoms with Crippen LogP contribution in [0.5, 0.6) is 0 Å². The topological polar surface area (TPSA) is 66.5 Å². The highest BCUT2D eigenvalue weighted by atomic mass is 35.5. The van der Waals surface area contributed by atoms with Crippen LogP contribution in [0.4, 0.5) is 5.69 Å². The third-order valence-electron chi connectivity index (χ3n) is 5.93. The Morgan fingerprint density at radius 3 is 2.22 bits per heavy atom. The van der Waals surface area contributed by atoms with Gasteiger partial charge in [0.05, 0.1) is 21.5 Å². The molecule has 1 N–H and O–H groups in total. The van der Waals surface area contributed by atoms with Crippen molar-refractivity contribution in [2.75, 3.05) is 11.9 Å². The molecule has 4 aromatic carbocycles. The molecule has 0 bridgehead atoms. The molecule has 0 fully saturated rings. The Kier molecular flexibility index (Phi) is 7.71. The van der Waals surface area contributed by atoms with Gasteiger partial charge in [0.15, 0.2) is 0 Å². The summed E-state index contributed by atoms with van der Waals surface area (Å²) in [6, 6.07) is 21.9. The lowest BCUT2D eigenvalue weighted by Gasteiger charge is -2.24. The number of halogens is 2. The van der Waals surface area contributed by atoms with Gasteiger partial charge in [0.1, 0.15) is 0 Å². The van der Waals surface area contributed by atoms with E-state index >= 15 is 0 Å². The average molecular weight is 542 g/mol. The number of sulfonamides is 1. The summed E-state index contributed by atoms with van der Waals surface area (Å²) in [7, 11) is -4.03. The highest BCUT2D eigenvalue weighted by molar-refractivity contribution is 7.89. The number of carbonyl (C=O) groups is 1. The molecule has 4 rings (SSSR count). The monoisotopic (exact) mass is 540 g/mol. The summed E-state index contributed by atoms with van der Waals surface area (Å²) in [6.07, 6.45) is 0. The first-order valence-corrected chi connectivity index (χ1v) is 13.6. The van der Waals surface area contributed by atoms with E-state index in [0.717, 1.165) is 16.3 Å². The van der Waals surface area contributed by atoms with Gasteiger partial charge in [-0.25, -0.2) is 8.42 Å². The van der Waals surface area contributed by atoms with Crippen LogP contribution in [0.2, 0.25) is 10.0 Å². The fraction of sp³-hybridized carbons (Fsp3) is 0.179. The lowest BCUT2D eigenvalue weighted by Crippen LogP contribution is -2.38. The van der Waals surface area contributed by atoms with Gasteiger partial charge in [-0.05, 0) is 61.0 Å². The third kappa shape index (κ3) is 5.57. The molecular formula is C28H26Cl2N2O3S. The molecule has 1 amide bonds. The smallest absolute Gasteiger partial charge is 0.244 e. The van der Waals surface area contributed by atoms with E-state index in [1.165, 1.54) is 4.31 Å². The van der Waals surface area contributed by atoms with Crippen molar-refractivity contribution in [2.45, 2.75) is 32.2 Å². The fourth-order valence-electron chi connectivity index (χ4n) is 4.45. The predicted octanol–water partition coefficient (Wildman–Crippen LogP) is 6.90. The van der Waals surface area contributed by atoms with E-state index in [1.54, 1.807) is 38.1 Å². The zero-order valence-electron chi connectivity index (χ0n) is 20.2. The van der Waals surface area contributed by atoms with Crippen LogP contribution in [-0.4, -0.2) is 25.2 Å². The van der Waals surface area contributed by atoms with Crippen LogP contribution in [0.3, 0.4) is 0 Å². The molecule has 0 unspecified atom stereocenters. The Morgan fingerprint density at radius 2 is 1.53 bits per heavy atom. The number of carbonyl (C=O) groups excluding carboxylic acids is 1. The number of nitrogens with zero attached hydrogens (tertiary/aromatic N) is 1. The second-order valence-electron chi connectivity index (χ2n) is 8.82. The van der Waals surface area contributed by atoms with E-state index in [1.807, 2.05) is 55.5 Å². The Balaban J connectivity index is 1.71. The molecule has 5 nitrogen and oxygen atoms in total. The van der Waals surface area contributed by atoms with E-state index in [-0.39, 0.29) is 18.0 Å². The molecule has 36 heavy (non-hydrogen) atoms. The predicted molar refractivity (Wildman–Crippen MR) is 147 cm³/mol. The average Bonchev–Trinajstić information content (AvgIpc) is 2.80. The molecule has 0 aliphatic carbocycles. The number of anilines is 1. The summed E-state index contributed by atoms with van der Waals surface area (Å²) in [4.78, 5) is 13.4. The zero-order chi connectivity index (χ0) is 26.0. The highest BCUT2D eigenvalue weighted by Gasteiger charge is 2.30. The molecule has 0 heterocycles. The number of hydrogen-bond acceptors (Lipinski definition) is 3. The minimum absolute atomic E-state index is 0.0467. The molecule has 4 aromatic rings. The van der Waals surface area contributed by atoms with Crippen molar-refractivity contribution in [3.8, 4) is 0 Å². The van der Waals surface area contributed by atoms with Crippen LogP contribution in [0.15, 0.2) is 77.7 Å². The minimum atomic E-state index is -4.03. The molecular weight excluding hydrogens is 515 g/mol. The van der Waals surface area contributed by atoms with Crippen LogP contribution in [0, 0.1) is 20.8 Å². The summed E-state index contributed by atoms with van der Waals surface area (Å²) in [6.45, 7) is 5.02. The first-order chi connectivity index (χ1) is 17.1. The molecule has 186 valence electrons. The Hall–Kier alpha value is -2.90. The van der Waals surface area contributed by atoms with E-state index < -0.39 is 15.9 Å². The molecule has 0 spiro atoms. The maximum atomic E-state index is 13.9. The summed E-state index contributed by atoms with van der Waals surface area (Å²) in [5.41, 5.74) is 3.46. The Morgan fingerprint density at radius 1 is 0.861 bits per heavy atom. The number of benzene rings is 4. The van der Waals surface area contributed by atoms with E-state index in [9.17, 15) is 13.2 Å². The lowest BCUT2D eigenvalue weighted by molar-refractivity contribution is -0.116. The first kappa shape index (κ1) is 26.2.